The van der Waals surface area contributed by atoms with E-state index < -0.39 is 15.6 Å². The Morgan fingerprint density at radius 3 is 2.17 bits per heavy atom. The lowest BCUT2D eigenvalue weighted by molar-refractivity contribution is 0.437. The van der Waals surface area contributed by atoms with Crippen LogP contribution >= 0.6 is 0 Å². The van der Waals surface area contributed by atoms with E-state index in [4.69, 9.17) is 0 Å². The van der Waals surface area contributed by atoms with Crippen LogP contribution in [-0.2, 0) is 9.84 Å². The lowest BCUT2D eigenvalue weighted by Gasteiger charge is -2.08. The van der Waals surface area contributed by atoms with Crippen LogP contribution in [0.4, 0.5) is 0 Å². The third-order valence-corrected chi connectivity index (χ3v) is 4.42. The van der Waals surface area contributed by atoms with Crippen molar-refractivity contribution in [3.05, 3.63) is 48.0 Å². The second kappa shape index (κ2) is 4.34. The Morgan fingerprint density at radius 2 is 1.56 bits per heavy atom. The summed E-state index contributed by atoms with van der Waals surface area (Å²) in [6.07, 6.45) is 0. The van der Waals surface area contributed by atoms with Crippen molar-refractivity contribution in [2.75, 3.05) is 0 Å². The molecular formula is C13H12O4S. The maximum Gasteiger partial charge on any atom is 0.210 e. The lowest BCUT2D eigenvalue weighted by atomic mass is 10.2. The summed E-state index contributed by atoms with van der Waals surface area (Å²) in [6.45, 7) is 1.57. The Morgan fingerprint density at radius 1 is 0.944 bits per heavy atom. The van der Waals surface area contributed by atoms with E-state index >= 15 is 0 Å². The number of hydrogen-bond donors (Lipinski definition) is 2. The van der Waals surface area contributed by atoms with Gasteiger partial charge in [0, 0.05) is 6.07 Å². The molecule has 5 heteroatoms. The average molecular weight is 264 g/mol. The summed E-state index contributed by atoms with van der Waals surface area (Å²) in [6, 6.07) is 10.1. The van der Waals surface area contributed by atoms with E-state index in [9.17, 15) is 18.6 Å². The molecule has 18 heavy (non-hydrogen) atoms. The van der Waals surface area contributed by atoms with Gasteiger partial charge in [0.25, 0.3) is 0 Å². The molecule has 0 aliphatic rings. The minimum atomic E-state index is -3.77. The fraction of sp³-hybridized carbons (Fsp3) is 0.0769. The number of aromatic hydroxyl groups is 2. The summed E-state index contributed by atoms with van der Waals surface area (Å²) < 4.78 is 24.6. The van der Waals surface area contributed by atoms with Gasteiger partial charge in [-0.05, 0) is 30.7 Å². The van der Waals surface area contributed by atoms with E-state index in [1.807, 2.05) is 0 Å². The molecule has 2 aromatic carbocycles. The van der Waals surface area contributed by atoms with Crippen LogP contribution in [0, 0.1) is 6.92 Å². The lowest BCUT2D eigenvalue weighted by Crippen LogP contribution is -2.02. The van der Waals surface area contributed by atoms with Crippen LogP contribution in [0.2, 0.25) is 0 Å². The minimum absolute atomic E-state index is 0.102. The van der Waals surface area contributed by atoms with E-state index in [0.717, 1.165) is 6.07 Å². The number of benzene rings is 2. The average Bonchev–Trinajstić information content (AvgIpc) is 2.34. The first-order chi connectivity index (χ1) is 8.43. The first-order valence-corrected chi connectivity index (χ1v) is 6.74. The summed E-state index contributed by atoms with van der Waals surface area (Å²) >= 11 is 0. The Bertz CT molecular complexity index is 676. The zero-order chi connectivity index (χ0) is 13.3. The summed E-state index contributed by atoms with van der Waals surface area (Å²) in [5.41, 5.74) is 0.391. The number of hydrogen-bond acceptors (Lipinski definition) is 4. The Hall–Kier alpha value is -2.01. The Kier molecular flexibility index (Phi) is 3.00. The molecule has 0 heterocycles. The van der Waals surface area contributed by atoms with Gasteiger partial charge in [0.15, 0.2) is 0 Å². The van der Waals surface area contributed by atoms with E-state index in [1.165, 1.54) is 18.2 Å². The molecule has 0 atom stereocenters. The van der Waals surface area contributed by atoms with Gasteiger partial charge in [0.1, 0.15) is 16.4 Å². The van der Waals surface area contributed by atoms with E-state index in [2.05, 4.69) is 0 Å². The first-order valence-electron chi connectivity index (χ1n) is 5.25. The molecule has 0 bridgehead atoms. The second-order valence-electron chi connectivity index (χ2n) is 3.92. The quantitative estimate of drug-likeness (QED) is 0.872. The van der Waals surface area contributed by atoms with Crippen molar-refractivity contribution in [3.63, 3.8) is 0 Å². The largest absolute Gasteiger partial charge is 0.508 e. The van der Waals surface area contributed by atoms with Gasteiger partial charge in [-0.1, -0.05) is 18.2 Å². The van der Waals surface area contributed by atoms with Gasteiger partial charge >= 0.3 is 0 Å². The van der Waals surface area contributed by atoms with E-state index in [-0.39, 0.29) is 15.5 Å². The van der Waals surface area contributed by atoms with Crippen LogP contribution in [-0.4, -0.2) is 18.6 Å². The third kappa shape index (κ3) is 2.04. The number of sulfone groups is 1. The minimum Gasteiger partial charge on any atom is -0.508 e. The molecule has 2 aromatic rings. The van der Waals surface area contributed by atoms with Crippen molar-refractivity contribution >= 4 is 9.84 Å². The normalized spacial score (nSPS) is 11.4. The number of phenolic OH excluding ortho intramolecular Hbond substituents is 2. The maximum atomic E-state index is 12.3. The highest BCUT2D eigenvalue weighted by molar-refractivity contribution is 7.91. The molecule has 0 amide bonds. The molecule has 0 aliphatic carbocycles. The highest BCUT2D eigenvalue weighted by Crippen LogP contribution is 2.33. The van der Waals surface area contributed by atoms with Crippen molar-refractivity contribution in [2.45, 2.75) is 16.7 Å². The van der Waals surface area contributed by atoms with Crippen LogP contribution in [0.3, 0.4) is 0 Å². The molecule has 2 N–H and O–H groups in total. The molecule has 0 spiro atoms. The molecule has 0 fully saturated rings. The zero-order valence-electron chi connectivity index (χ0n) is 9.66. The predicted molar refractivity (Wildman–Crippen MR) is 66.4 cm³/mol. The number of phenols is 2. The smallest absolute Gasteiger partial charge is 0.210 e. The molecular weight excluding hydrogens is 252 g/mol. The molecule has 4 nitrogen and oxygen atoms in total. The second-order valence-corrected chi connectivity index (χ2v) is 5.84. The van der Waals surface area contributed by atoms with Gasteiger partial charge in [0.05, 0.1) is 4.90 Å². The van der Waals surface area contributed by atoms with Crippen LogP contribution < -0.4 is 0 Å². The van der Waals surface area contributed by atoms with Crippen molar-refractivity contribution in [2.24, 2.45) is 0 Å². The predicted octanol–water partition coefficient (Wildman–Crippen LogP) is 2.24. The van der Waals surface area contributed by atoms with Gasteiger partial charge in [-0.25, -0.2) is 8.42 Å². The van der Waals surface area contributed by atoms with Crippen molar-refractivity contribution < 1.29 is 18.6 Å². The maximum absolute atomic E-state index is 12.3. The molecule has 0 saturated heterocycles. The van der Waals surface area contributed by atoms with E-state index in [0.29, 0.717) is 5.56 Å². The van der Waals surface area contributed by atoms with Crippen LogP contribution in [0.25, 0.3) is 0 Å². The van der Waals surface area contributed by atoms with Gasteiger partial charge in [-0.2, -0.15) is 0 Å². The topological polar surface area (TPSA) is 74.6 Å². The standard InChI is InChI=1S/C13H12O4S/c1-9-7-13(12(15)8-11(9)14)18(16,17)10-5-3-2-4-6-10/h2-8,14-15H,1H3. The zero-order valence-corrected chi connectivity index (χ0v) is 10.5. The Balaban J connectivity index is 2.66. The molecule has 2 rings (SSSR count). The number of aryl methyl sites for hydroxylation is 1. The van der Waals surface area contributed by atoms with E-state index in [1.54, 1.807) is 25.1 Å². The fourth-order valence-corrected chi connectivity index (χ4v) is 3.04. The summed E-state index contributed by atoms with van der Waals surface area (Å²) in [7, 11) is -3.77. The van der Waals surface area contributed by atoms with Crippen LogP contribution in [0.15, 0.2) is 52.3 Å². The molecule has 94 valence electrons. The molecule has 0 aliphatic heterocycles. The molecule has 0 saturated carbocycles. The third-order valence-electron chi connectivity index (χ3n) is 2.62. The highest BCUT2D eigenvalue weighted by atomic mass is 32.2. The van der Waals surface area contributed by atoms with Crippen molar-refractivity contribution in [1.29, 1.82) is 0 Å². The van der Waals surface area contributed by atoms with Crippen molar-refractivity contribution in [3.8, 4) is 11.5 Å². The molecule has 0 radical (unpaired) electrons. The van der Waals surface area contributed by atoms with Gasteiger partial charge in [0.2, 0.25) is 9.84 Å². The van der Waals surface area contributed by atoms with Gasteiger partial charge < -0.3 is 10.2 Å². The molecule has 0 aromatic heterocycles. The Labute approximate surface area is 105 Å². The SMILES string of the molecule is Cc1cc(S(=O)(=O)c2ccccc2)c(O)cc1O. The van der Waals surface area contributed by atoms with Crippen LogP contribution in [0.1, 0.15) is 5.56 Å². The van der Waals surface area contributed by atoms with Gasteiger partial charge in [-0.15, -0.1) is 0 Å². The van der Waals surface area contributed by atoms with Gasteiger partial charge in [-0.3, -0.25) is 0 Å². The highest BCUT2D eigenvalue weighted by Gasteiger charge is 2.22. The first kappa shape index (κ1) is 12.4. The number of rotatable bonds is 2. The fourth-order valence-electron chi connectivity index (χ4n) is 1.60. The summed E-state index contributed by atoms with van der Waals surface area (Å²) in [5.74, 6) is -0.596. The van der Waals surface area contributed by atoms with Crippen LogP contribution in [0.5, 0.6) is 11.5 Å². The summed E-state index contributed by atoms with van der Waals surface area (Å²) in [4.78, 5) is -0.102. The van der Waals surface area contributed by atoms with Crippen molar-refractivity contribution in [1.82, 2.24) is 0 Å². The molecule has 0 unspecified atom stereocenters. The summed E-state index contributed by atoms with van der Waals surface area (Å²) in [5, 5.41) is 19.1. The monoisotopic (exact) mass is 264 g/mol.